The standard InChI is InChI=1S/C15H14BrN3O2/c16-11-5-3-4-10(8-11)9-13(14(17)20)19-15(21)12-6-1-2-7-18-12/h1-8,13H,9H2,(H2,17,20)(H,19,21)/t13-/m0/s1. The Morgan fingerprint density at radius 2 is 2.05 bits per heavy atom. The van der Waals surface area contributed by atoms with E-state index in [1.165, 1.54) is 6.20 Å². The Labute approximate surface area is 130 Å². The molecule has 1 aromatic heterocycles. The Balaban J connectivity index is 2.09. The molecule has 1 heterocycles. The van der Waals surface area contributed by atoms with Gasteiger partial charge in [-0.2, -0.15) is 0 Å². The minimum Gasteiger partial charge on any atom is -0.368 e. The molecular weight excluding hydrogens is 334 g/mol. The molecule has 0 aliphatic carbocycles. The van der Waals surface area contributed by atoms with E-state index in [4.69, 9.17) is 5.73 Å². The molecule has 0 spiro atoms. The van der Waals surface area contributed by atoms with E-state index >= 15 is 0 Å². The van der Waals surface area contributed by atoms with Crippen LogP contribution >= 0.6 is 15.9 Å². The van der Waals surface area contributed by atoms with E-state index < -0.39 is 17.9 Å². The number of carbonyl (C=O) groups excluding carboxylic acids is 2. The van der Waals surface area contributed by atoms with E-state index in [1.807, 2.05) is 24.3 Å². The number of hydrogen-bond donors (Lipinski definition) is 2. The first-order chi connectivity index (χ1) is 10.1. The molecule has 0 radical (unpaired) electrons. The fourth-order valence-electron chi connectivity index (χ4n) is 1.85. The van der Waals surface area contributed by atoms with Gasteiger partial charge in [0.1, 0.15) is 11.7 Å². The van der Waals surface area contributed by atoms with Crippen LogP contribution in [-0.2, 0) is 11.2 Å². The number of hydrogen-bond acceptors (Lipinski definition) is 3. The third-order valence-corrected chi connectivity index (χ3v) is 3.37. The van der Waals surface area contributed by atoms with Gasteiger partial charge in [0.15, 0.2) is 0 Å². The molecule has 3 N–H and O–H groups in total. The summed E-state index contributed by atoms with van der Waals surface area (Å²) in [6.45, 7) is 0. The highest BCUT2D eigenvalue weighted by Gasteiger charge is 2.20. The summed E-state index contributed by atoms with van der Waals surface area (Å²) >= 11 is 3.36. The van der Waals surface area contributed by atoms with Crippen molar-refractivity contribution in [3.8, 4) is 0 Å². The maximum atomic E-state index is 12.0. The highest BCUT2D eigenvalue weighted by molar-refractivity contribution is 9.10. The maximum absolute atomic E-state index is 12.0. The second kappa shape index (κ2) is 6.99. The molecule has 0 saturated carbocycles. The van der Waals surface area contributed by atoms with E-state index in [2.05, 4.69) is 26.2 Å². The number of amides is 2. The first-order valence-corrected chi connectivity index (χ1v) is 7.11. The Morgan fingerprint density at radius 1 is 1.24 bits per heavy atom. The molecule has 1 aromatic carbocycles. The van der Waals surface area contributed by atoms with Gasteiger partial charge in [-0.3, -0.25) is 14.6 Å². The van der Waals surface area contributed by atoms with Crippen LogP contribution in [0.25, 0.3) is 0 Å². The normalized spacial score (nSPS) is 11.7. The first kappa shape index (κ1) is 15.2. The molecule has 5 nitrogen and oxygen atoms in total. The number of carbonyl (C=O) groups is 2. The Hall–Kier alpha value is -2.21. The summed E-state index contributed by atoms with van der Waals surface area (Å²) in [6, 6.07) is 11.7. The van der Waals surface area contributed by atoms with Crippen molar-refractivity contribution in [3.05, 3.63) is 64.4 Å². The number of primary amides is 1. The van der Waals surface area contributed by atoms with Crippen LogP contribution in [0.4, 0.5) is 0 Å². The van der Waals surface area contributed by atoms with Crippen molar-refractivity contribution in [1.29, 1.82) is 0 Å². The summed E-state index contributed by atoms with van der Waals surface area (Å²) in [4.78, 5) is 27.5. The molecule has 0 bridgehead atoms. The molecule has 108 valence electrons. The lowest BCUT2D eigenvalue weighted by atomic mass is 10.1. The molecule has 2 rings (SSSR count). The van der Waals surface area contributed by atoms with Crippen LogP contribution in [0.1, 0.15) is 16.1 Å². The molecular formula is C15H14BrN3O2. The summed E-state index contributed by atoms with van der Waals surface area (Å²) < 4.78 is 0.902. The SMILES string of the molecule is NC(=O)[C@H](Cc1cccc(Br)c1)NC(=O)c1ccccn1. The van der Waals surface area contributed by atoms with Crippen LogP contribution in [0.15, 0.2) is 53.1 Å². The van der Waals surface area contributed by atoms with Crippen molar-refractivity contribution >= 4 is 27.7 Å². The zero-order valence-corrected chi connectivity index (χ0v) is 12.7. The highest BCUT2D eigenvalue weighted by Crippen LogP contribution is 2.13. The van der Waals surface area contributed by atoms with Crippen molar-refractivity contribution in [2.75, 3.05) is 0 Å². The van der Waals surface area contributed by atoms with Crippen molar-refractivity contribution in [2.24, 2.45) is 5.73 Å². The molecule has 2 amide bonds. The summed E-state index contributed by atoms with van der Waals surface area (Å²) in [6.07, 6.45) is 1.84. The van der Waals surface area contributed by atoms with E-state index in [1.54, 1.807) is 18.2 Å². The molecule has 0 aliphatic heterocycles. The number of nitrogens with zero attached hydrogens (tertiary/aromatic N) is 1. The minimum atomic E-state index is -0.784. The third kappa shape index (κ3) is 4.39. The molecule has 0 unspecified atom stereocenters. The van der Waals surface area contributed by atoms with E-state index in [9.17, 15) is 9.59 Å². The van der Waals surface area contributed by atoms with Gasteiger partial charge in [-0.1, -0.05) is 34.1 Å². The molecule has 0 saturated heterocycles. The van der Waals surface area contributed by atoms with Gasteiger partial charge in [-0.25, -0.2) is 0 Å². The fraction of sp³-hybridized carbons (Fsp3) is 0.133. The lowest BCUT2D eigenvalue weighted by Crippen LogP contribution is -2.46. The van der Waals surface area contributed by atoms with Crippen molar-refractivity contribution in [2.45, 2.75) is 12.5 Å². The van der Waals surface area contributed by atoms with Gasteiger partial charge in [0.25, 0.3) is 5.91 Å². The second-order valence-electron chi connectivity index (χ2n) is 4.48. The fourth-order valence-corrected chi connectivity index (χ4v) is 2.30. The lowest BCUT2D eigenvalue weighted by Gasteiger charge is -2.15. The predicted octanol–water partition coefficient (Wildman–Crippen LogP) is 1.67. The summed E-state index contributed by atoms with van der Waals surface area (Å²) in [5.74, 6) is -1.01. The van der Waals surface area contributed by atoms with Crippen LogP contribution in [0.2, 0.25) is 0 Å². The van der Waals surface area contributed by atoms with E-state index in [0.29, 0.717) is 6.42 Å². The van der Waals surface area contributed by atoms with Gasteiger partial charge in [-0.15, -0.1) is 0 Å². The number of nitrogens with two attached hydrogens (primary N) is 1. The van der Waals surface area contributed by atoms with Gasteiger partial charge in [-0.05, 0) is 29.8 Å². The van der Waals surface area contributed by atoms with E-state index in [-0.39, 0.29) is 5.69 Å². The van der Waals surface area contributed by atoms with Crippen molar-refractivity contribution in [1.82, 2.24) is 10.3 Å². The van der Waals surface area contributed by atoms with Crippen LogP contribution < -0.4 is 11.1 Å². The molecule has 6 heteroatoms. The average molecular weight is 348 g/mol. The summed E-state index contributed by atoms with van der Waals surface area (Å²) in [5, 5.41) is 2.61. The zero-order chi connectivity index (χ0) is 15.2. The number of halogens is 1. The van der Waals surface area contributed by atoms with Gasteiger partial charge in [0.2, 0.25) is 5.91 Å². The van der Waals surface area contributed by atoms with Gasteiger partial charge in [0.05, 0.1) is 0 Å². The second-order valence-corrected chi connectivity index (χ2v) is 5.39. The van der Waals surface area contributed by atoms with Crippen LogP contribution in [0.5, 0.6) is 0 Å². The topological polar surface area (TPSA) is 85.1 Å². The highest BCUT2D eigenvalue weighted by atomic mass is 79.9. The number of rotatable bonds is 5. The lowest BCUT2D eigenvalue weighted by molar-refractivity contribution is -0.119. The number of benzene rings is 1. The molecule has 1 atom stereocenters. The van der Waals surface area contributed by atoms with Crippen LogP contribution in [0.3, 0.4) is 0 Å². The van der Waals surface area contributed by atoms with Gasteiger partial charge >= 0.3 is 0 Å². The van der Waals surface area contributed by atoms with Crippen molar-refractivity contribution in [3.63, 3.8) is 0 Å². The molecule has 0 aliphatic rings. The quantitative estimate of drug-likeness (QED) is 0.862. The van der Waals surface area contributed by atoms with Gasteiger partial charge in [0, 0.05) is 17.1 Å². The Morgan fingerprint density at radius 3 is 2.67 bits per heavy atom. The Bertz CT molecular complexity index is 646. The van der Waals surface area contributed by atoms with E-state index in [0.717, 1.165) is 10.0 Å². The van der Waals surface area contributed by atoms with Gasteiger partial charge < -0.3 is 11.1 Å². The average Bonchev–Trinajstić information content (AvgIpc) is 2.47. The van der Waals surface area contributed by atoms with Crippen LogP contribution in [0, 0.1) is 0 Å². The monoisotopic (exact) mass is 347 g/mol. The predicted molar refractivity (Wildman–Crippen MR) is 82.5 cm³/mol. The molecule has 2 aromatic rings. The minimum absolute atomic E-state index is 0.248. The number of pyridine rings is 1. The zero-order valence-electron chi connectivity index (χ0n) is 11.1. The largest absolute Gasteiger partial charge is 0.368 e. The van der Waals surface area contributed by atoms with Crippen LogP contribution in [-0.4, -0.2) is 22.8 Å². The van der Waals surface area contributed by atoms with Crippen molar-refractivity contribution < 1.29 is 9.59 Å². The number of nitrogens with one attached hydrogen (secondary N) is 1. The summed E-state index contributed by atoms with van der Waals surface area (Å²) in [5.41, 5.74) is 6.51. The number of aromatic nitrogens is 1. The molecule has 0 fully saturated rings. The first-order valence-electron chi connectivity index (χ1n) is 6.32. The summed E-state index contributed by atoms with van der Waals surface area (Å²) in [7, 11) is 0. The smallest absolute Gasteiger partial charge is 0.270 e. The molecule has 21 heavy (non-hydrogen) atoms. The Kier molecular flexibility index (Phi) is 5.05. The third-order valence-electron chi connectivity index (χ3n) is 2.88. The maximum Gasteiger partial charge on any atom is 0.270 e.